The third kappa shape index (κ3) is 10.2. The minimum atomic E-state index is -0.708. The molecule has 3 fully saturated rings. The number of piperazine rings is 1. The second-order valence-corrected chi connectivity index (χ2v) is 13.7. The minimum Gasteiger partial charge on any atom is -0.447 e. The molecule has 3 aliphatic rings. The van der Waals surface area contributed by atoms with Gasteiger partial charge in [-0.3, -0.25) is 9.59 Å². The van der Waals surface area contributed by atoms with E-state index < -0.39 is 30.5 Å². The van der Waals surface area contributed by atoms with E-state index in [1.54, 1.807) is 39.1 Å². The molecular weight excluding hydrogens is 694 g/mol. The quantitative estimate of drug-likeness (QED) is 0.262. The number of nitrogens with zero attached hydrogens (tertiary/aromatic N) is 4. The van der Waals surface area contributed by atoms with Crippen LogP contribution in [0.1, 0.15) is 46.3 Å². The highest BCUT2D eigenvalue weighted by molar-refractivity contribution is 5.94. The van der Waals surface area contributed by atoms with Crippen LogP contribution in [0.4, 0.5) is 15.4 Å². The van der Waals surface area contributed by atoms with E-state index in [1.807, 2.05) is 48.5 Å². The number of carbonyl (C=O) groups excluding carboxylic acids is 4. The van der Waals surface area contributed by atoms with Crippen LogP contribution in [0, 0.1) is 5.92 Å². The van der Waals surface area contributed by atoms with Crippen molar-refractivity contribution in [2.24, 2.45) is 11.7 Å². The Balaban J connectivity index is 0.998. The van der Waals surface area contributed by atoms with E-state index in [2.05, 4.69) is 10.3 Å². The highest BCUT2D eigenvalue weighted by atomic mass is 16.6. The Kier molecular flexibility index (Phi) is 13.3. The van der Waals surface area contributed by atoms with Gasteiger partial charge in [0.25, 0.3) is 5.91 Å². The number of rotatable bonds is 11. The lowest BCUT2D eigenvalue weighted by Gasteiger charge is -2.39. The number of likely N-dealkylation sites (tertiary alicyclic amines) is 1. The van der Waals surface area contributed by atoms with E-state index in [1.165, 1.54) is 0 Å². The number of anilines is 1. The van der Waals surface area contributed by atoms with Gasteiger partial charge in [-0.1, -0.05) is 48.5 Å². The summed E-state index contributed by atoms with van der Waals surface area (Å²) in [6.45, 7) is 3.23. The summed E-state index contributed by atoms with van der Waals surface area (Å²) in [4.78, 5) is 61.5. The number of piperidine rings is 1. The van der Waals surface area contributed by atoms with Crippen molar-refractivity contribution in [1.29, 1.82) is 0 Å². The van der Waals surface area contributed by atoms with Crippen LogP contribution in [-0.2, 0) is 43.4 Å². The lowest BCUT2D eigenvalue weighted by molar-refractivity contribution is -0.178. The normalized spacial score (nSPS) is 20.6. The number of hydrogen-bond donors (Lipinski definition) is 3. The fourth-order valence-corrected chi connectivity index (χ4v) is 6.84. The van der Waals surface area contributed by atoms with E-state index in [0.717, 1.165) is 16.7 Å². The predicted octanol–water partition coefficient (Wildman–Crippen LogP) is 2.92. The van der Waals surface area contributed by atoms with Gasteiger partial charge in [0.05, 0.1) is 13.2 Å². The lowest BCUT2D eigenvalue weighted by Crippen LogP contribution is -2.53. The molecule has 2 aromatic carbocycles. The van der Waals surface area contributed by atoms with Crippen LogP contribution in [0.2, 0.25) is 0 Å². The van der Waals surface area contributed by atoms with Gasteiger partial charge in [0, 0.05) is 76.5 Å². The Morgan fingerprint density at radius 1 is 0.815 bits per heavy atom. The summed E-state index contributed by atoms with van der Waals surface area (Å²) >= 11 is 0. The van der Waals surface area contributed by atoms with Gasteiger partial charge in [0.15, 0.2) is 0 Å². The molecule has 0 spiro atoms. The Morgan fingerprint density at radius 3 is 2.26 bits per heavy atom. The molecule has 15 heteroatoms. The Bertz CT molecular complexity index is 1710. The number of aromatic nitrogens is 1. The summed E-state index contributed by atoms with van der Waals surface area (Å²) in [6, 6.07) is 20.4. The number of nitrogens with two attached hydrogens (primary N) is 2. The SMILES string of the molecule is NCc1cccc(C(=O)N2CCN(C(=O)OC[C@H]3OCC[C@@H](OC(=O)N4CCC(C(=O)NCc5ccc(N)nc5)CC4)[C@@H]3OCc3ccccc3)CC2)c1. The first-order chi connectivity index (χ1) is 26.3. The molecule has 4 heterocycles. The second-order valence-electron chi connectivity index (χ2n) is 13.7. The van der Waals surface area contributed by atoms with Crippen molar-refractivity contribution in [1.82, 2.24) is 25.0 Å². The number of amides is 4. The molecular formula is C39H49N7O8. The average Bonchev–Trinajstić information content (AvgIpc) is 3.22. The van der Waals surface area contributed by atoms with E-state index in [-0.39, 0.29) is 37.6 Å². The van der Waals surface area contributed by atoms with Crippen molar-refractivity contribution in [3.8, 4) is 0 Å². The number of nitrogen functional groups attached to an aromatic ring is 1. The monoisotopic (exact) mass is 743 g/mol. The van der Waals surface area contributed by atoms with Crippen LogP contribution in [-0.4, -0.2) is 114 Å². The zero-order valence-electron chi connectivity index (χ0n) is 30.3. The van der Waals surface area contributed by atoms with Gasteiger partial charge in [-0.2, -0.15) is 0 Å². The van der Waals surface area contributed by atoms with Gasteiger partial charge in [0.1, 0.15) is 30.7 Å². The Morgan fingerprint density at radius 2 is 1.54 bits per heavy atom. The van der Waals surface area contributed by atoms with Crippen LogP contribution in [0.5, 0.6) is 0 Å². The number of ether oxygens (including phenoxy) is 4. The summed E-state index contributed by atoms with van der Waals surface area (Å²) < 4.78 is 24.2. The molecule has 15 nitrogen and oxygen atoms in total. The molecule has 0 saturated carbocycles. The zero-order valence-corrected chi connectivity index (χ0v) is 30.3. The van der Waals surface area contributed by atoms with Crippen molar-refractivity contribution >= 4 is 29.8 Å². The molecule has 54 heavy (non-hydrogen) atoms. The molecule has 0 radical (unpaired) electrons. The fourth-order valence-electron chi connectivity index (χ4n) is 6.84. The van der Waals surface area contributed by atoms with Gasteiger partial charge in [-0.05, 0) is 47.7 Å². The van der Waals surface area contributed by atoms with Crippen molar-refractivity contribution in [2.75, 3.05) is 58.2 Å². The van der Waals surface area contributed by atoms with E-state index in [4.69, 9.17) is 30.4 Å². The molecule has 1 aromatic heterocycles. The third-order valence-corrected chi connectivity index (χ3v) is 10.0. The van der Waals surface area contributed by atoms with Crippen LogP contribution in [0.3, 0.4) is 0 Å². The number of hydrogen-bond acceptors (Lipinski definition) is 11. The third-order valence-electron chi connectivity index (χ3n) is 10.0. The summed E-state index contributed by atoms with van der Waals surface area (Å²) in [5.74, 6) is 0.0175. The average molecular weight is 744 g/mol. The van der Waals surface area contributed by atoms with Crippen LogP contribution >= 0.6 is 0 Å². The first kappa shape index (κ1) is 38.5. The number of pyridine rings is 1. The minimum absolute atomic E-state index is 0.0694. The van der Waals surface area contributed by atoms with Crippen LogP contribution < -0.4 is 16.8 Å². The molecule has 4 amide bonds. The van der Waals surface area contributed by atoms with Crippen molar-refractivity contribution in [3.05, 3.63) is 95.2 Å². The largest absolute Gasteiger partial charge is 0.447 e. The molecule has 0 aliphatic carbocycles. The maximum atomic E-state index is 13.4. The van der Waals surface area contributed by atoms with Crippen molar-refractivity contribution in [2.45, 2.75) is 57.3 Å². The lowest BCUT2D eigenvalue weighted by atomic mass is 9.96. The summed E-state index contributed by atoms with van der Waals surface area (Å²) in [7, 11) is 0. The molecule has 3 aliphatic heterocycles. The van der Waals surface area contributed by atoms with Gasteiger partial charge in [0.2, 0.25) is 5.91 Å². The van der Waals surface area contributed by atoms with E-state index >= 15 is 0 Å². The van der Waals surface area contributed by atoms with Crippen molar-refractivity contribution in [3.63, 3.8) is 0 Å². The fraction of sp³-hybridized carbons (Fsp3) is 0.462. The molecule has 6 rings (SSSR count). The molecule has 3 atom stereocenters. The zero-order chi connectivity index (χ0) is 37.9. The molecule has 3 aromatic rings. The summed E-state index contributed by atoms with van der Waals surface area (Å²) in [5, 5.41) is 2.95. The number of benzene rings is 2. The Hall–Kier alpha value is -5.25. The van der Waals surface area contributed by atoms with E-state index in [9.17, 15) is 19.2 Å². The topological polar surface area (TPSA) is 192 Å². The van der Waals surface area contributed by atoms with Gasteiger partial charge >= 0.3 is 12.2 Å². The number of carbonyl (C=O) groups is 4. The maximum Gasteiger partial charge on any atom is 0.410 e. The van der Waals surface area contributed by atoms with Gasteiger partial charge in [-0.25, -0.2) is 14.6 Å². The predicted molar refractivity (Wildman–Crippen MR) is 198 cm³/mol. The molecule has 288 valence electrons. The van der Waals surface area contributed by atoms with Crippen molar-refractivity contribution < 1.29 is 38.1 Å². The molecule has 5 N–H and O–H groups in total. The highest BCUT2D eigenvalue weighted by Gasteiger charge is 2.40. The highest BCUT2D eigenvalue weighted by Crippen LogP contribution is 2.26. The first-order valence-electron chi connectivity index (χ1n) is 18.5. The standard InChI is InChI=1S/C39H49N7O8/c40-22-28-7-4-8-31(21-28)37(48)44-16-18-46(19-17-44)38(49)53-26-33-35(52-25-27-5-2-1-3-6-27)32(13-20-51-33)54-39(50)45-14-11-30(12-15-45)36(47)43-24-29-9-10-34(41)42-23-29/h1-10,21,23,30,32-33,35H,11-20,22,24-26,40H2,(H2,41,42)(H,43,47)/t32-,33-,35+/m1/s1. The summed E-state index contributed by atoms with van der Waals surface area (Å²) in [5.41, 5.74) is 14.6. The van der Waals surface area contributed by atoms with Gasteiger partial charge < -0.3 is 50.4 Å². The Labute approximate surface area is 314 Å². The second kappa shape index (κ2) is 18.7. The molecule has 0 bridgehead atoms. The summed E-state index contributed by atoms with van der Waals surface area (Å²) in [6.07, 6.45) is -0.00896. The van der Waals surface area contributed by atoms with Gasteiger partial charge in [-0.15, -0.1) is 0 Å². The molecule has 3 saturated heterocycles. The van der Waals surface area contributed by atoms with Crippen LogP contribution in [0.25, 0.3) is 0 Å². The number of nitrogens with one attached hydrogen (secondary N) is 1. The first-order valence-corrected chi connectivity index (χ1v) is 18.5. The maximum absolute atomic E-state index is 13.4. The van der Waals surface area contributed by atoms with E-state index in [0.29, 0.717) is 83.0 Å². The molecule has 0 unspecified atom stereocenters. The smallest absolute Gasteiger partial charge is 0.410 e. The van der Waals surface area contributed by atoms with Crippen LogP contribution in [0.15, 0.2) is 72.9 Å².